The average molecular weight is 423 g/mol. The molecule has 0 spiro atoms. The van der Waals surface area contributed by atoms with Crippen LogP contribution < -0.4 is 10.2 Å². The van der Waals surface area contributed by atoms with E-state index in [-0.39, 0.29) is 31.0 Å². The molecule has 31 heavy (non-hydrogen) atoms. The molecule has 2 unspecified atom stereocenters. The number of carbonyl (C=O) groups is 3. The van der Waals surface area contributed by atoms with Crippen LogP contribution in [0.2, 0.25) is 0 Å². The number of aromatic amines is 1. The molecular weight excluding hydrogens is 401 g/mol. The number of aromatic nitrogens is 1. The second-order valence-electron chi connectivity index (χ2n) is 7.50. The van der Waals surface area contributed by atoms with Crippen molar-refractivity contribution in [2.75, 3.05) is 18.6 Å². The average Bonchev–Trinajstić information content (AvgIpc) is 3.37. The number of hydrogen-bond donors (Lipinski definition) is 2. The largest absolute Gasteiger partial charge is 0.467 e. The third-order valence-electron chi connectivity index (χ3n) is 5.54. The molecule has 0 bridgehead atoms. The molecule has 1 saturated heterocycles. The first kappa shape index (κ1) is 20.6. The zero-order valence-corrected chi connectivity index (χ0v) is 16.9. The molecule has 4 rings (SSSR count). The Labute approximate surface area is 178 Å². The van der Waals surface area contributed by atoms with E-state index in [0.717, 1.165) is 16.5 Å². The van der Waals surface area contributed by atoms with Gasteiger partial charge in [0.15, 0.2) is 0 Å². The van der Waals surface area contributed by atoms with E-state index in [0.29, 0.717) is 0 Å². The van der Waals surface area contributed by atoms with Gasteiger partial charge in [0.2, 0.25) is 11.8 Å². The van der Waals surface area contributed by atoms with Crippen LogP contribution in [0.5, 0.6) is 0 Å². The van der Waals surface area contributed by atoms with Gasteiger partial charge in [-0.1, -0.05) is 30.3 Å². The number of benzene rings is 2. The minimum Gasteiger partial charge on any atom is -0.467 e. The predicted octanol–water partition coefficient (Wildman–Crippen LogP) is 2.56. The molecule has 0 aliphatic carbocycles. The highest BCUT2D eigenvalue weighted by atomic mass is 19.1. The molecular formula is C23H22FN3O4. The maximum absolute atomic E-state index is 14.1. The van der Waals surface area contributed by atoms with Crippen molar-refractivity contribution < 1.29 is 23.5 Å². The van der Waals surface area contributed by atoms with Crippen molar-refractivity contribution in [1.29, 1.82) is 0 Å². The number of H-pyrrole nitrogens is 1. The van der Waals surface area contributed by atoms with E-state index in [1.807, 2.05) is 24.3 Å². The number of methoxy groups -OCH3 is 1. The molecule has 2 aromatic carbocycles. The maximum atomic E-state index is 14.1. The van der Waals surface area contributed by atoms with Gasteiger partial charge in [0.25, 0.3) is 0 Å². The molecule has 2 amide bonds. The smallest absolute Gasteiger partial charge is 0.328 e. The minimum atomic E-state index is -0.908. The predicted molar refractivity (Wildman–Crippen MR) is 113 cm³/mol. The van der Waals surface area contributed by atoms with Crippen LogP contribution in [0.1, 0.15) is 12.0 Å². The number of rotatable bonds is 6. The molecule has 0 radical (unpaired) electrons. The summed E-state index contributed by atoms with van der Waals surface area (Å²) in [7, 11) is 1.26. The normalized spacial score (nSPS) is 17.0. The van der Waals surface area contributed by atoms with Crippen LogP contribution in [0, 0.1) is 11.7 Å². The summed E-state index contributed by atoms with van der Waals surface area (Å²) in [6, 6.07) is 12.7. The van der Waals surface area contributed by atoms with Gasteiger partial charge in [-0.15, -0.1) is 0 Å². The fourth-order valence-corrected chi connectivity index (χ4v) is 3.93. The molecule has 2 N–H and O–H groups in total. The highest BCUT2D eigenvalue weighted by Crippen LogP contribution is 2.27. The first-order valence-electron chi connectivity index (χ1n) is 9.96. The van der Waals surface area contributed by atoms with Gasteiger partial charge >= 0.3 is 5.97 Å². The summed E-state index contributed by atoms with van der Waals surface area (Å²) in [4.78, 5) is 42.0. The number of para-hydroxylation sites is 2. The van der Waals surface area contributed by atoms with Crippen molar-refractivity contribution >= 4 is 34.4 Å². The number of fused-ring (bicyclic) bond motifs is 1. The Morgan fingerprint density at radius 3 is 2.74 bits per heavy atom. The fraction of sp³-hybridized carbons (Fsp3) is 0.261. The van der Waals surface area contributed by atoms with Gasteiger partial charge in [-0.05, 0) is 23.8 Å². The molecule has 1 aliphatic rings. The lowest BCUT2D eigenvalue weighted by molar-refractivity contribution is -0.145. The number of halogens is 1. The molecule has 1 fully saturated rings. The molecule has 3 aromatic rings. The summed E-state index contributed by atoms with van der Waals surface area (Å²) in [5, 5.41) is 3.67. The number of esters is 1. The van der Waals surface area contributed by atoms with Gasteiger partial charge in [0.05, 0.1) is 18.7 Å². The van der Waals surface area contributed by atoms with Crippen LogP contribution in [0.15, 0.2) is 54.7 Å². The topological polar surface area (TPSA) is 91.5 Å². The zero-order chi connectivity index (χ0) is 22.0. The van der Waals surface area contributed by atoms with Crippen LogP contribution in [0.3, 0.4) is 0 Å². The Bertz CT molecular complexity index is 1140. The lowest BCUT2D eigenvalue weighted by Gasteiger charge is -2.20. The van der Waals surface area contributed by atoms with Gasteiger partial charge in [0.1, 0.15) is 11.9 Å². The standard InChI is InChI=1S/C23H22FN3O4/c1-31-23(30)19(10-14-12-25-18-8-4-2-6-16(14)18)26-22(29)15-11-21(28)27(13-15)20-9-5-3-7-17(20)24/h2-9,12,15,19,25H,10-11,13H2,1H3,(H,26,29). The van der Waals surface area contributed by atoms with Crippen molar-refractivity contribution in [2.24, 2.45) is 5.92 Å². The van der Waals surface area contributed by atoms with E-state index in [9.17, 15) is 18.8 Å². The van der Waals surface area contributed by atoms with Gasteiger partial charge in [0, 0.05) is 36.5 Å². The highest BCUT2D eigenvalue weighted by Gasteiger charge is 2.37. The zero-order valence-electron chi connectivity index (χ0n) is 16.9. The summed E-state index contributed by atoms with van der Waals surface area (Å²) < 4.78 is 19.0. The quantitative estimate of drug-likeness (QED) is 0.596. The number of anilines is 1. The van der Waals surface area contributed by atoms with E-state index in [2.05, 4.69) is 10.3 Å². The van der Waals surface area contributed by atoms with E-state index in [1.165, 1.54) is 30.2 Å². The SMILES string of the molecule is COC(=O)C(Cc1c[nH]c2ccccc12)NC(=O)C1CC(=O)N(c2ccccc2F)C1. The van der Waals surface area contributed by atoms with Gasteiger partial charge in [-0.2, -0.15) is 0 Å². The van der Waals surface area contributed by atoms with Gasteiger partial charge in [-0.25, -0.2) is 9.18 Å². The number of ether oxygens (including phenoxy) is 1. The third kappa shape index (κ3) is 4.14. The summed E-state index contributed by atoms with van der Waals surface area (Å²) in [6.07, 6.45) is 1.98. The van der Waals surface area contributed by atoms with Gasteiger partial charge in [-0.3, -0.25) is 9.59 Å². The molecule has 8 heteroatoms. The summed E-state index contributed by atoms with van der Waals surface area (Å²) in [6.45, 7) is 0.0482. The van der Waals surface area contributed by atoms with Crippen LogP contribution in [-0.4, -0.2) is 42.5 Å². The van der Waals surface area contributed by atoms with E-state index < -0.39 is 29.7 Å². The molecule has 1 aromatic heterocycles. The monoisotopic (exact) mass is 423 g/mol. The number of amides is 2. The number of hydrogen-bond acceptors (Lipinski definition) is 4. The Morgan fingerprint density at radius 2 is 1.97 bits per heavy atom. The Morgan fingerprint density at radius 1 is 1.23 bits per heavy atom. The Balaban J connectivity index is 1.49. The first-order valence-corrected chi connectivity index (χ1v) is 9.96. The second kappa shape index (κ2) is 8.59. The number of nitrogens with one attached hydrogen (secondary N) is 2. The van der Waals surface area contributed by atoms with Crippen molar-refractivity contribution in [2.45, 2.75) is 18.9 Å². The van der Waals surface area contributed by atoms with Crippen LogP contribution in [0.25, 0.3) is 10.9 Å². The Kier molecular flexibility index (Phi) is 5.70. The van der Waals surface area contributed by atoms with Crippen molar-refractivity contribution in [3.05, 3.63) is 66.1 Å². The van der Waals surface area contributed by atoms with Crippen molar-refractivity contribution in [1.82, 2.24) is 10.3 Å². The molecule has 1 aliphatic heterocycles. The Hall–Kier alpha value is -3.68. The molecule has 7 nitrogen and oxygen atoms in total. The second-order valence-corrected chi connectivity index (χ2v) is 7.50. The molecule has 2 heterocycles. The number of nitrogens with zero attached hydrogens (tertiary/aromatic N) is 1. The van der Waals surface area contributed by atoms with Crippen molar-refractivity contribution in [3.63, 3.8) is 0 Å². The van der Waals surface area contributed by atoms with Crippen LogP contribution >= 0.6 is 0 Å². The summed E-state index contributed by atoms with van der Waals surface area (Å²) in [5.74, 6) is -2.57. The molecule has 0 saturated carbocycles. The van der Waals surface area contributed by atoms with E-state index in [1.54, 1.807) is 12.3 Å². The maximum Gasteiger partial charge on any atom is 0.328 e. The molecule has 160 valence electrons. The first-order chi connectivity index (χ1) is 15.0. The van der Waals surface area contributed by atoms with E-state index in [4.69, 9.17) is 4.74 Å². The fourth-order valence-electron chi connectivity index (χ4n) is 3.93. The minimum absolute atomic E-state index is 0.0482. The third-order valence-corrected chi connectivity index (χ3v) is 5.54. The summed E-state index contributed by atoms with van der Waals surface area (Å²) >= 11 is 0. The van der Waals surface area contributed by atoms with Crippen molar-refractivity contribution in [3.8, 4) is 0 Å². The molecule has 2 atom stereocenters. The van der Waals surface area contributed by atoms with Gasteiger partial charge < -0.3 is 19.9 Å². The lowest BCUT2D eigenvalue weighted by Crippen LogP contribution is -2.46. The highest BCUT2D eigenvalue weighted by molar-refractivity contribution is 6.01. The van der Waals surface area contributed by atoms with Crippen LogP contribution in [0.4, 0.5) is 10.1 Å². The number of carbonyl (C=O) groups excluding carboxylic acids is 3. The van der Waals surface area contributed by atoms with E-state index >= 15 is 0 Å². The van der Waals surface area contributed by atoms with Crippen LogP contribution in [-0.2, 0) is 25.5 Å². The summed E-state index contributed by atoms with van der Waals surface area (Å²) in [5.41, 5.74) is 1.93. The lowest BCUT2D eigenvalue weighted by atomic mass is 10.0.